The van der Waals surface area contributed by atoms with Crippen molar-refractivity contribution in [1.29, 1.82) is 0 Å². The molecule has 126 valence electrons. The van der Waals surface area contributed by atoms with Crippen LogP contribution in [0.15, 0.2) is 53.6 Å². The maximum atomic E-state index is 11.7. The molecule has 0 saturated carbocycles. The van der Waals surface area contributed by atoms with E-state index >= 15 is 0 Å². The van der Waals surface area contributed by atoms with Crippen molar-refractivity contribution in [3.63, 3.8) is 0 Å². The maximum absolute atomic E-state index is 11.7. The Morgan fingerprint density at radius 3 is 2.67 bits per heavy atom. The summed E-state index contributed by atoms with van der Waals surface area (Å²) in [5.74, 6) is 0.920. The predicted octanol–water partition coefficient (Wildman–Crippen LogP) is 4.04. The molecule has 0 bridgehead atoms. The summed E-state index contributed by atoms with van der Waals surface area (Å²) in [6, 6.07) is 15.7. The van der Waals surface area contributed by atoms with Gasteiger partial charge < -0.3 is 4.74 Å². The van der Waals surface area contributed by atoms with Gasteiger partial charge in [-0.15, -0.1) is 0 Å². The van der Waals surface area contributed by atoms with Gasteiger partial charge in [-0.2, -0.15) is 5.10 Å². The first kappa shape index (κ1) is 17.7. The minimum atomic E-state index is -0.287. The van der Waals surface area contributed by atoms with Crippen molar-refractivity contribution in [3.8, 4) is 5.75 Å². The molecule has 0 aliphatic carbocycles. The molecule has 0 saturated heterocycles. The SMILES string of the molecule is CCC(C)c1ccc(OCC(=O)NN=Cc2cccc(C)c2)cc1. The molecule has 4 nitrogen and oxygen atoms in total. The van der Waals surface area contributed by atoms with Crippen molar-refractivity contribution < 1.29 is 9.53 Å². The summed E-state index contributed by atoms with van der Waals surface area (Å²) in [4.78, 5) is 11.7. The minimum Gasteiger partial charge on any atom is -0.484 e. The first-order chi connectivity index (χ1) is 11.6. The molecule has 0 aromatic heterocycles. The smallest absolute Gasteiger partial charge is 0.277 e. The molecule has 4 heteroatoms. The Morgan fingerprint density at radius 2 is 2.00 bits per heavy atom. The molecule has 0 aliphatic heterocycles. The fraction of sp³-hybridized carbons (Fsp3) is 0.300. The lowest BCUT2D eigenvalue weighted by Gasteiger charge is -2.10. The van der Waals surface area contributed by atoms with Gasteiger partial charge in [-0.25, -0.2) is 5.43 Å². The molecular weight excluding hydrogens is 300 g/mol. The fourth-order valence-corrected chi connectivity index (χ4v) is 2.24. The van der Waals surface area contributed by atoms with E-state index in [1.807, 2.05) is 55.5 Å². The molecule has 1 N–H and O–H groups in total. The summed E-state index contributed by atoms with van der Waals surface area (Å²) in [5, 5.41) is 3.94. The number of hydrazone groups is 1. The number of rotatable bonds is 7. The van der Waals surface area contributed by atoms with E-state index in [-0.39, 0.29) is 12.5 Å². The quantitative estimate of drug-likeness (QED) is 0.617. The number of hydrogen-bond donors (Lipinski definition) is 1. The molecule has 0 heterocycles. The van der Waals surface area contributed by atoms with Gasteiger partial charge in [0.1, 0.15) is 5.75 Å². The zero-order chi connectivity index (χ0) is 17.4. The molecule has 2 aromatic carbocycles. The third-order valence-corrected chi connectivity index (χ3v) is 3.88. The summed E-state index contributed by atoms with van der Waals surface area (Å²) in [6.45, 7) is 6.30. The van der Waals surface area contributed by atoms with Crippen LogP contribution >= 0.6 is 0 Å². The number of carbonyl (C=O) groups excluding carboxylic acids is 1. The molecular formula is C20H24N2O2. The summed E-state index contributed by atoms with van der Waals surface area (Å²) in [6.07, 6.45) is 2.72. The molecule has 0 spiro atoms. The number of hydrogen-bond acceptors (Lipinski definition) is 3. The monoisotopic (exact) mass is 324 g/mol. The van der Waals surface area contributed by atoms with Crippen LogP contribution in [0.4, 0.5) is 0 Å². The van der Waals surface area contributed by atoms with Crippen molar-refractivity contribution in [3.05, 3.63) is 65.2 Å². The standard InChI is InChI=1S/C20H24N2O2/c1-4-16(3)18-8-10-19(11-9-18)24-14-20(23)22-21-13-17-7-5-6-15(2)12-17/h5-13,16H,4,14H2,1-3H3,(H,22,23). The lowest BCUT2D eigenvalue weighted by Crippen LogP contribution is -2.24. The van der Waals surface area contributed by atoms with Gasteiger partial charge in [0.25, 0.3) is 5.91 Å². The number of nitrogens with one attached hydrogen (secondary N) is 1. The third-order valence-electron chi connectivity index (χ3n) is 3.88. The van der Waals surface area contributed by atoms with Crippen LogP contribution in [-0.4, -0.2) is 18.7 Å². The predicted molar refractivity (Wildman–Crippen MR) is 97.6 cm³/mol. The van der Waals surface area contributed by atoms with Crippen LogP contribution in [0.25, 0.3) is 0 Å². The van der Waals surface area contributed by atoms with Crippen LogP contribution in [-0.2, 0) is 4.79 Å². The van der Waals surface area contributed by atoms with E-state index < -0.39 is 0 Å². The molecule has 0 fully saturated rings. The lowest BCUT2D eigenvalue weighted by molar-refractivity contribution is -0.123. The Balaban J connectivity index is 1.78. The largest absolute Gasteiger partial charge is 0.484 e. The summed E-state index contributed by atoms with van der Waals surface area (Å²) < 4.78 is 5.47. The van der Waals surface area contributed by atoms with E-state index in [0.29, 0.717) is 11.7 Å². The molecule has 0 aliphatic rings. The van der Waals surface area contributed by atoms with Gasteiger partial charge in [-0.1, -0.05) is 55.8 Å². The highest BCUT2D eigenvalue weighted by molar-refractivity contribution is 5.83. The van der Waals surface area contributed by atoms with Crippen molar-refractivity contribution in [1.82, 2.24) is 5.43 Å². The number of nitrogens with zero attached hydrogens (tertiary/aromatic N) is 1. The number of amides is 1. The van der Waals surface area contributed by atoms with Crippen LogP contribution in [0.2, 0.25) is 0 Å². The molecule has 0 radical (unpaired) electrons. The topological polar surface area (TPSA) is 50.7 Å². The molecule has 2 aromatic rings. The van der Waals surface area contributed by atoms with E-state index in [1.165, 1.54) is 5.56 Å². The van der Waals surface area contributed by atoms with Gasteiger partial charge in [0.15, 0.2) is 6.61 Å². The third kappa shape index (κ3) is 5.54. The van der Waals surface area contributed by atoms with Gasteiger partial charge in [0, 0.05) is 0 Å². The van der Waals surface area contributed by atoms with Gasteiger partial charge in [-0.3, -0.25) is 4.79 Å². The Kier molecular flexibility index (Phi) is 6.55. The number of benzene rings is 2. The average molecular weight is 324 g/mol. The van der Waals surface area contributed by atoms with Crippen LogP contribution in [0.5, 0.6) is 5.75 Å². The summed E-state index contributed by atoms with van der Waals surface area (Å²) in [5.41, 5.74) is 5.83. The van der Waals surface area contributed by atoms with E-state index in [0.717, 1.165) is 17.5 Å². The Morgan fingerprint density at radius 1 is 1.25 bits per heavy atom. The van der Waals surface area contributed by atoms with Crippen LogP contribution < -0.4 is 10.2 Å². The molecule has 1 unspecified atom stereocenters. The summed E-state index contributed by atoms with van der Waals surface area (Å²) in [7, 11) is 0. The molecule has 2 rings (SSSR count). The second-order valence-corrected chi connectivity index (χ2v) is 5.87. The fourth-order valence-electron chi connectivity index (χ4n) is 2.24. The first-order valence-corrected chi connectivity index (χ1v) is 8.20. The van der Waals surface area contributed by atoms with Crippen molar-refractivity contribution in [2.75, 3.05) is 6.61 Å². The highest BCUT2D eigenvalue weighted by atomic mass is 16.5. The van der Waals surface area contributed by atoms with Gasteiger partial charge >= 0.3 is 0 Å². The van der Waals surface area contributed by atoms with Crippen LogP contribution in [0.1, 0.15) is 42.9 Å². The average Bonchev–Trinajstić information content (AvgIpc) is 2.60. The Hall–Kier alpha value is -2.62. The van der Waals surface area contributed by atoms with Gasteiger partial charge in [0.2, 0.25) is 0 Å². The Bertz CT molecular complexity index is 693. The molecule has 24 heavy (non-hydrogen) atoms. The number of ether oxygens (including phenoxy) is 1. The second-order valence-electron chi connectivity index (χ2n) is 5.87. The molecule has 1 amide bonds. The summed E-state index contributed by atoms with van der Waals surface area (Å²) >= 11 is 0. The number of carbonyl (C=O) groups is 1. The van der Waals surface area contributed by atoms with Crippen LogP contribution in [0.3, 0.4) is 0 Å². The number of aryl methyl sites for hydroxylation is 1. The Labute approximate surface area is 143 Å². The van der Waals surface area contributed by atoms with Crippen molar-refractivity contribution in [2.45, 2.75) is 33.1 Å². The zero-order valence-corrected chi connectivity index (χ0v) is 14.5. The van der Waals surface area contributed by atoms with E-state index in [1.54, 1.807) is 6.21 Å². The maximum Gasteiger partial charge on any atom is 0.277 e. The van der Waals surface area contributed by atoms with E-state index in [2.05, 4.69) is 24.4 Å². The molecule has 1 atom stereocenters. The van der Waals surface area contributed by atoms with Crippen LogP contribution in [0, 0.1) is 6.92 Å². The second kappa shape index (κ2) is 8.87. The minimum absolute atomic E-state index is 0.0617. The van der Waals surface area contributed by atoms with Crippen molar-refractivity contribution >= 4 is 12.1 Å². The van der Waals surface area contributed by atoms with Gasteiger partial charge in [0.05, 0.1) is 6.21 Å². The van der Waals surface area contributed by atoms with E-state index in [9.17, 15) is 4.79 Å². The first-order valence-electron chi connectivity index (χ1n) is 8.20. The van der Waals surface area contributed by atoms with Gasteiger partial charge in [-0.05, 0) is 42.5 Å². The van der Waals surface area contributed by atoms with E-state index in [4.69, 9.17) is 4.74 Å². The normalized spacial score (nSPS) is 12.1. The van der Waals surface area contributed by atoms with Crippen molar-refractivity contribution in [2.24, 2.45) is 5.10 Å². The highest BCUT2D eigenvalue weighted by Crippen LogP contribution is 2.21. The zero-order valence-electron chi connectivity index (χ0n) is 14.5. The highest BCUT2D eigenvalue weighted by Gasteiger charge is 2.04. The lowest BCUT2D eigenvalue weighted by atomic mass is 9.99.